The van der Waals surface area contributed by atoms with Crippen LogP contribution in [0.5, 0.6) is 23.0 Å². The molecule has 0 radical (unpaired) electrons. The van der Waals surface area contributed by atoms with Crippen LogP contribution < -0.4 is 14.9 Å². The van der Waals surface area contributed by atoms with Gasteiger partial charge in [-0.05, 0) is 25.1 Å². The normalized spacial score (nSPS) is 32.9. The summed E-state index contributed by atoms with van der Waals surface area (Å²) >= 11 is 0. The zero-order valence-corrected chi connectivity index (χ0v) is 22.9. The lowest BCUT2D eigenvalue weighted by atomic mass is 9.98. The Morgan fingerprint density at radius 3 is 2.19 bits per heavy atom. The Labute approximate surface area is 243 Å². The Bertz CT molecular complexity index is 1510. The minimum Gasteiger partial charge on any atom is -0.507 e. The van der Waals surface area contributed by atoms with E-state index in [1.807, 2.05) is 0 Å². The Morgan fingerprint density at radius 1 is 0.791 bits per heavy atom. The number of ether oxygens (including phenoxy) is 5. The maximum absolute atomic E-state index is 12.8. The second kappa shape index (κ2) is 12.2. The highest BCUT2D eigenvalue weighted by molar-refractivity contribution is 5.86. The molecule has 2 aromatic carbocycles. The summed E-state index contributed by atoms with van der Waals surface area (Å²) in [6.07, 6.45) is -15.0. The molecule has 2 saturated heterocycles. The van der Waals surface area contributed by atoms with Gasteiger partial charge in [0.2, 0.25) is 6.29 Å². The maximum Gasteiger partial charge on any atom is 0.229 e. The molecule has 0 saturated carbocycles. The smallest absolute Gasteiger partial charge is 0.229 e. The van der Waals surface area contributed by atoms with E-state index in [2.05, 4.69) is 0 Å². The summed E-state index contributed by atoms with van der Waals surface area (Å²) in [6, 6.07) is 7.78. The van der Waals surface area contributed by atoms with Crippen molar-refractivity contribution in [3.8, 4) is 34.3 Å². The maximum atomic E-state index is 12.8. The van der Waals surface area contributed by atoms with E-state index in [4.69, 9.17) is 28.1 Å². The van der Waals surface area contributed by atoms with E-state index in [-0.39, 0.29) is 34.0 Å². The van der Waals surface area contributed by atoms with Crippen LogP contribution in [-0.4, -0.2) is 116 Å². The van der Waals surface area contributed by atoms with Gasteiger partial charge in [0, 0.05) is 23.8 Å². The number of methoxy groups -OCH3 is 1. The molecule has 2 fully saturated rings. The topological polar surface area (TPSA) is 238 Å². The Hall–Kier alpha value is -3.51. The average molecular weight is 609 g/mol. The number of aliphatic hydroxyl groups excluding tert-OH is 6. The van der Waals surface area contributed by atoms with Crippen molar-refractivity contribution in [1.82, 2.24) is 0 Å². The van der Waals surface area contributed by atoms with E-state index >= 15 is 0 Å². The van der Waals surface area contributed by atoms with Crippen LogP contribution in [0.25, 0.3) is 22.3 Å². The first kappa shape index (κ1) is 30.9. The van der Waals surface area contributed by atoms with E-state index in [0.717, 1.165) is 12.1 Å². The van der Waals surface area contributed by atoms with Crippen molar-refractivity contribution < 1.29 is 69.0 Å². The van der Waals surface area contributed by atoms with Crippen molar-refractivity contribution in [1.29, 1.82) is 0 Å². The molecular formula is C28H32O15. The van der Waals surface area contributed by atoms with Crippen LogP contribution in [0.2, 0.25) is 0 Å². The number of aromatic hydroxyl groups is 2. The zero-order valence-electron chi connectivity index (χ0n) is 22.9. The lowest BCUT2D eigenvalue weighted by Crippen LogP contribution is -2.61. The van der Waals surface area contributed by atoms with Crippen molar-refractivity contribution in [2.24, 2.45) is 0 Å². The van der Waals surface area contributed by atoms with Gasteiger partial charge in [-0.1, -0.05) is 0 Å². The van der Waals surface area contributed by atoms with Crippen LogP contribution in [0.15, 0.2) is 45.6 Å². The molecule has 15 nitrogen and oxygen atoms in total. The first-order chi connectivity index (χ1) is 20.4. The van der Waals surface area contributed by atoms with Crippen LogP contribution in [0.3, 0.4) is 0 Å². The summed E-state index contributed by atoms with van der Waals surface area (Å²) in [7, 11) is 1.38. The predicted molar refractivity (Wildman–Crippen MR) is 143 cm³/mol. The number of rotatable bonds is 7. The molecule has 10 atom stereocenters. The zero-order chi connectivity index (χ0) is 31.2. The molecule has 15 heteroatoms. The third-order valence-electron chi connectivity index (χ3n) is 7.40. The molecule has 5 rings (SSSR count). The van der Waals surface area contributed by atoms with Crippen molar-refractivity contribution >= 4 is 11.0 Å². The molecule has 3 aromatic rings. The third kappa shape index (κ3) is 5.99. The first-order valence-corrected chi connectivity index (χ1v) is 13.3. The second-order valence-corrected chi connectivity index (χ2v) is 10.3. The fourth-order valence-corrected chi connectivity index (χ4v) is 4.92. The molecular weight excluding hydrogens is 576 g/mol. The van der Waals surface area contributed by atoms with Crippen molar-refractivity contribution in [3.63, 3.8) is 0 Å². The lowest BCUT2D eigenvalue weighted by molar-refractivity contribution is -0.318. The molecule has 0 spiro atoms. The van der Waals surface area contributed by atoms with Gasteiger partial charge >= 0.3 is 0 Å². The molecule has 234 valence electrons. The fraction of sp³-hybridized carbons (Fsp3) is 0.464. The quantitative estimate of drug-likeness (QED) is 0.159. The molecule has 0 amide bonds. The van der Waals surface area contributed by atoms with Gasteiger partial charge in [0.25, 0.3) is 0 Å². The summed E-state index contributed by atoms with van der Waals surface area (Å²) in [4.78, 5) is 12.8. The van der Waals surface area contributed by atoms with Crippen molar-refractivity contribution in [2.45, 2.75) is 68.3 Å². The number of aliphatic hydroxyl groups is 6. The van der Waals surface area contributed by atoms with Gasteiger partial charge in [0.15, 0.2) is 23.2 Å². The minimum absolute atomic E-state index is 0.0517. The number of benzene rings is 2. The summed E-state index contributed by atoms with van der Waals surface area (Å²) in [5.41, 5.74) is -0.381. The molecule has 43 heavy (non-hydrogen) atoms. The molecule has 0 bridgehead atoms. The SMILES string of the molecule is COc1ccc(-c2cc(=O)c3c(O)cc(O[C@@H]4O[C@H](CO[C@@H]5O[C@@H](C)[C@H](O)[C@H](O)[C@@H]5O)[C@H](O)[C@H](O)[C@@H]4O)cc3o2)cc1O. The van der Waals surface area contributed by atoms with E-state index in [1.165, 1.54) is 32.2 Å². The molecule has 1 aromatic heterocycles. The number of phenols is 2. The van der Waals surface area contributed by atoms with Crippen molar-refractivity contribution in [3.05, 3.63) is 46.6 Å². The lowest BCUT2D eigenvalue weighted by Gasteiger charge is -2.42. The van der Waals surface area contributed by atoms with E-state index in [1.54, 1.807) is 6.07 Å². The van der Waals surface area contributed by atoms with Crippen LogP contribution in [0.1, 0.15) is 6.92 Å². The third-order valence-corrected chi connectivity index (χ3v) is 7.40. The van der Waals surface area contributed by atoms with Gasteiger partial charge in [-0.3, -0.25) is 4.79 Å². The molecule has 8 N–H and O–H groups in total. The Kier molecular flexibility index (Phi) is 8.80. The highest BCUT2D eigenvalue weighted by Crippen LogP contribution is 2.35. The molecule has 2 aliphatic heterocycles. The summed E-state index contributed by atoms with van der Waals surface area (Å²) < 4.78 is 32.9. The first-order valence-electron chi connectivity index (χ1n) is 13.3. The van der Waals surface area contributed by atoms with E-state index < -0.39 is 79.2 Å². The van der Waals surface area contributed by atoms with Crippen LogP contribution >= 0.6 is 0 Å². The minimum atomic E-state index is -1.78. The summed E-state index contributed by atoms with van der Waals surface area (Å²) in [5.74, 6) is -0.605. The molecule has 3 heterocycles. The number of phenolic OH excluding ortho intramolecular Hbond substituents is 2. The largest absolute Gasteiger partial charge is 0.507 e. The monoisotopic (exact) mass is 608 g/mol. The van der Waals surface area contributed by atoms with Crippen LogP contribution in [-0.2, 0) is 14.2 Å². The number of fused-ring (bicyclic) bond motifs is 1. The van der Waals surface area contributed by atoms with Crippen molar-refractivity contribution in [2.75, 3.05) is 13.7 Å². The van der Waals surface area contributed by atoms with Gasteiger partial charge in [-0.25, -0.2) is 0 Å². The van der Waals surface area contributed by atoms with Gasteiger partial charge in [0.05, 0.1) is 19.8 Å². The Morgan fingerprint density at radius 2 is 1.49 bits per heavy atom. The van der Waals surface area contributed by atoms with Crippen LogP contribution in [0.4, 0.5) is 0 Å². The molecule has 0 unspecified atom stereocenters. The highest BCUT2D eigenvalue weighted by atomic mass is 16.7. The van der Waals surface area contributed by atoms with Gasteiger partial charge in [0.1, 0.15) is 71.0 Å². The van der Waals surface area contributed by atoms with E-state index in [0.29, 0.717) is 5.56 Å². The average Bonchev–Trinajstić information content (AvgIpc) is 2.97. The van der Waals surface area contributed by atoms with Gasteiger partial charge in [-0.2, -0.15) is 0 Å². The highest BCUT2D eigenvalue weighted by Gasteiger charge is 2.47. The van der Waals surface area contributed by atoms with Gasteiger partial charge < -0.3 is 69.0 Å². The number of hydrogen-bond donors (Lipinski definition) is 8. The van der Waals surface area contributed by atoms with E-state index in [9.17, 15) is 45.6 Å². The van der Waals surface area contributed by atoms with Crippen LogP contribution in [0, 0.1) is 0 Å². The Balaban J connectivity index is 1.36. The molecule has 2 aliphatic rings. The second-order valence-electron chi connectivity index (χ2n) is 10.3. The standard InChI is InChI=1S/C28H32O15/c1-10-21(32)23(34)25(36)27(40-10)39-9-19-22(33)24(35)26(37)28(43-19)41-12-6-14(30)20-15(31)8-17(42-18(20)7-12)11-3-4-16(38-2)13(29)5-11/h3-8,10,19,21-30,32-37H,9H2,1-2H3/t10-,19+,21-,22-,23-,24-,25-,26-,27+,28+/m0/s1. The van der Waals surface area contributed by atoms with Gasteiger partial charge in [-0.15, -0.1) is 0 Å². The summed E-state index contributed by atoms with van der Waals surface area (Å²) in [6.45, 7) is 0.953. The summed E-state index contributed by atoms with van der Waals surface area (Å²) in [5, 5.41) is 82.0. The number of hydrogen-bond acceptors (Lipinski definition) is 15. The molecule has 0 aliphatic carbocycles. The predicted octanol–water partition coefficient (Wildman–Crippen LogP) is -1.09. The fourth-order valence-electron chi connectivity index (χ4n) is 4.92.